The normalized spacial score (nSPS) is 11.2. The molecular formula is C25H18N2O2. The Labute approximate surface area is 167 Å². The standard InChI is InChI=1S/C25H18N2O2/c28-25(29)19-13-14-23-22(15-19)26-24(18-8-2-1-3-9-18)27(23)16-20-11-6-10-17-7-4-5-12-21(17)20/h1-15H,16H2,(H,28,29). The van der Waals surface area contributed by atoms with Crippen molar-refractivity contribution in [2.75, 3.05) is 0 Å². The highest BCUT2D eigenvalue weighted by atomic mass is 16.4. The van der Waals surface area contributed by atoms with E-state index in [2.05, 4.69) is 41.0 Å². The van der Waals surface area contributed by atoms with Crippen LogP contribution < -0.4 is 0 Å². The van der Waals surface area contributed by atoms with Crippen LogP contribution in [0.1, 0.15) is 15.9 Å². The predicted octanol–water partition coefficient (Wildman–Crippen LogP) is 5.60. The number of carboxylic acid groups (broad SMARTS) is 1. The van der Waals surface area contributed by atoms with Crippen molar-refractivity contribution in [3.05, 3.63) is 102 Å². The lowest BCUT2D eigenvalue weighted by molar-refractivity contribution is 0.0697. The molecule has 0 fully saturated rings. The van der Waals surface area contributed by atoms with Gasteiger partial charge in [0.1, 0.15) is 5.82 Å². The zero-order chi connectivity index (χ0) is 19.8. The third-order valence-electron chi connectivity index (χ3n) is 5.24. The first-order valence-corrected chi connectivity index (χ1v) is 9.46. The number of aromatic nitrogens is 2. The third-order valence-corrected chi connectivity index (χ3v) is 5.24. The molecule has 5 aromatic rings. The minimum atomic E-state index is -0.947. The second-order valence-corrected chi connectivity index (χ2v) is 7.03. The van der Waals surface area contributed by atoms with E-state index in [9.17, 15) is 9.90 Å². The van der Waals surface area contributed by atoms with Crippen LogP contribution in [0.4, 0.5) is 0 Å². The smallest absolute Gasteiger partial charge is 0.335 e. The van der Waals surface area contributed by atoms with E-state index in [1.807, 2.05) is 42.5 Å². The Morgan fingerprint density at radius 1 is 0.862 bits per heavy atom. The maximum absolute atomic E-state index is 11.4. The second-order valence-electron chi connectivity index (χ2n) is 7.03. The number of hydrogen-bond acceptors (Lipinski definition) is 2. The van der Waals surface area contributed by atoms with Gasteiger partial charge in [0.25, 0.3) is 0 Å². The topological polar surface area (TPSA) is 55.1 Å². The average Bonchev–Trinajstić information content (AvgIpc) is 3.12. The molecule has 4 heteroatoms. The molecule has 1 N–H and O–H groups in total. The number of benzene rings is 4. The summed E-state index contributed by atoms with van der Waals surface area (Å²) in [7, 11) is 0. The first-order chi connectivity index (χ1) is 14.2. The van der Waals surface area contributed by atoms with Crippen LogP contribution in [0.25, 0.3) is 33.2 Å². The van der Waals surface area contributed by atoms with Crippen molar-refractivity contribution in [3.8, 4) is 11.4 Å². The fraction of sp³-hybridized carbons (Fsp3) is 0.0400. The maximum Gasteiger partial charge on any atom is 0.335 e. The van der Waals surface area contributed by atoms with Crippen molar-refractivity contribution in [2.45, 2.75) is 6.54 Å². The van der Waals surface area contributed by atoms with Crippen molar-refractivity contribution in [2.24, 2.45) is 0 Å². The number of carboxylic acids is 1. The van der Waals surface area contributed by atoms with Crippen molar-refractivity contribution in [1.29, 1.82) is 0 Å². The lowest BCUT2D eigenvalue weighted by Gasteiger charge is -2.12. The summed E-state index contributed by atoms with van der Waals surface area (Å²) in [6.45, 7) is 0.647. The predicted molar refractivity (Wildman–Crippen MR) is 115 cm³/mol. The molecule has 0 aliphatic rings. The molecule has 140 valence electrons. The van der Waals surface area contributed by atoms with Crippen molar-refractivity contribution in [3.63, 3.8) is 0 Å². The van der Waals surface area contributed by atoms with Gasteiger partial charge >= 0.3 is 5.97 Å². The maximum atomic E-state index is 11.4. The van der Waals surface area contributed by atoms with Crippen LogP contribution in [-0.4, -0.2) is 20.6 Å². The SMILES string of the molecule is O=C(O)c1ccc2c(c1)nc(-c1ccccc1)n2Cc1cccc2ccccc12. The largest absolute Gasteiger partial charge is 0.478 e. The Hall–Kier alpha value is -3.92. The molecule has 0 aliphatic carbocycles. The molecule has 1 aromatic heterocycles. The van der Waals surface area contributed by atoms with E-state index in [0.717, 1.165) is 16.9 Å². The molecule has 0 atom stereocenters. The molecule has 4 nitrogen and oxygen atoms in total. The van der Waals surface area contributed by atoms with Crippen LogP contribution >= 0.6 is 0 Å². The highest BCUT2D eigenvalue weighted by Gasteiger charge is 2.15. The molecule has 0 spiro atoms. The fourth-order valence-electron chi connectivity index (χ4n) is 3.83. The third kappa shape index (κ3) is 3.05. The summed E-state index contributed by atoms with van der Waals surface area (Å²) in [5.74, 6) is -0.118. The van der Waals surface area contributed by atoms with Crippen molar-refractivity contribution >= 4 is 27.8 Å². The zero-order valence-corrected chi connectivity index (χ0v) is 15.6. The second kappa shape index (κ2) is 6.91. The van der Waals surface area contributed by atoms with Crippen LogP contribution in [0.15, 0.2) is 91.0 Å². The van der Waals surface area contributed by atoms with Gasteiger partial charge in [0.15, 0.2) is 0 Å². The number of hydrogen-bond donors (Lipinski definition) is 1. The van der Waals surface area contributed by atoms with Crippen molar-refractivity contribution < 1.29 is 9.90 Å². The summed E-state index contributed by atoms with van der Waals surface area (Å²) in [6, 6.07) is 29.8. The lowest BCUT2D eigenvalue weighted by atomic mass is 10.0. The molecule has 1 heterocycles. The minimum Gasteiger partial charge on any atom is -0.478 e. The molecule has 0 unspecified atom stereocenters. The molecule has 4 aromatic carbocycles. The number of fused-ring (bicyclic) bond motifs is 2. The van der Waals surface area contributed by atoms with Gasteiger partial charge < -0.3 is 9.67 Å². The Balaban J connectivity index is 1.73. The van der Waals surface area contributed by atoms with E-state index in [0.29, 0.717) is 12.1 Å². The van der Waals surface area contributed by atoms with Gasteiger partial charge in [0.2, 0.25) is 0 Å². The summed E-state index contributed by atoms with van der Waals surface area (Å²) in [5, 5.41) is 11.8. The molecular weight excluding hydrogens is 360 g/mol. The number of aromatic carboxylic acids is 1. The van der Waals surface area contributed by atoms with E-state index in [4.69, 9.17) is 4.98 Å². The summed E-state index contributed by atoms with van der Waals surface area (Å²) < 4.78 is 2.16. The van der Waals surface area contributed by atoms with Gasteiger partial charge in [-0.15, -0.1) is 0 Å². The molecule has 5 rings (SSSR count). The van der Waals surface area contributed by atoms with Crippen LogP contribution in [0.2, 0.25) is 0 Å². The molecule has 0 bridgehead atoms. The van der Waals surface area contributed by atoms with Gasteiger partial charge in [-0.2, -0.15) is 0 Å². The summed E-state index contributed by atoms with van der Waals surface area (Å²) in [4.78, 5) is 16.2. The van der Waals surface area contributed by atoms with E-state index in [1.54, 1.807) is 12.1 Å². The van der Waals surface area contributed by atoms with Crippen LogP contribution in [-0.2, 0) is 6.54 Å². The molecule has 0 saturated heterocycles. The van der Waals surface area contributed by atoms with Crippen LogP contribution in [0.3, 0.4) is 0 Å². The minimum absolute atomic E-state index is 0.243. The monoisotopic (exact) mass is 378 g/mol. The Bertz CT molecular complexity index is 1350. The Kier molecular flexibility index (Phi) is 4.10. The highest BCUT2D eigenvalue weighted by molar-refractivity contribution is 5.93. The fourth-order valence-corrected chi connectivity index (χ4v) is 3.83. The first-order valence-electron chi connectivity index (χ1n) is 9.46. The quantitative estimate of drug-likeness (QED) is 0.443. The van der Waals surface area contributed by atoms with E-state index in [1.165, 1.54) is 16.3 Å². The van der Waals surface area contributed by atoms with Gasteiger partial charge in [-0.3, -0.25) is 0 Å². The molecule has 0 radical (unpaired) electrons. The zero-order valence-electron chi connectivity index (χ0n) is 15.6. The molecule has 29 heavy (non-hydrogen) atoms. The van der Waals surface area contributed by atoms with E-state index >= 15 is 0 Å². The Morgan fingerprint density at radius 2 is 1.62 bits per heavy atom. The van der Waals surface area contributed by atoms with Gasteiger partial charge in [-0.1, -0.05) is 72.8 Å². The van der Waals surface area contributed by atoms with Gasteiger partial charge in [-0.05, 0) is 34.5 Å². The Morgan fingerprint density at radius 3 is 2.45 bits per heavy atom. The number of rotatable bonds is 4. The first kappa shape index (κ1) is 17.2. The van der Waals surface area contributed by atoms with Gasteiger partial charge in [0, 0.05) is 5.56 Å². The number of carbonyl (C=O) groups is 1. The summed E-state index contributed by atoms with van der Waals surface area (Å²) in [6.07, 6.45) is 0. The molecule has 0 amide bonds. The van der Waals surface area contributed by atoms with Crippen molar-refractivity contribution in [1.82, 2.24) is 9.55 Å². The number of imidazole rings is 1. The van der Waals surface area contributed by atoms with Gasteiger partial charge in [0.05, 0.1) is 23.1 Å². The summed E-state index contributed by atoms with van der Waals surface area (Å²) in [5.41, 5.74) is 4.04. The number of nitrogens with zero attached hydrogens (tertiary/aromatic N) is 2. The summed E-state index contributed by atoms with van der Waals surface area (Å²) >= 11 is 0. The lowest BCUT2D eigenvalue weighted by Crippen LogP contribution is -2.03. The van der Waals surface area contributed by atoms with Gasteiger partial charge in [-0.25, -0.2) is 9.78 Å². The molecule has 0 saturated carbocycles. The van der Waals surface area contributed by atoms with E-state index < -0.39 is 5.97 Å². The highest BCUT2D eigenvalue weighted by Crippen LogP contribution is 2.28. The van der Waals surface area contributed by atoms with Crippen LogP contribution in [0.5, 0.6) is 0 Å². The van der Waals surface area contributed by atoms with Crippen LogP contribution in [0, 0.1) is 0 Å². The average molecular weight is 378 g/mol. The van der Waals surface area contributed by atoms with E-state index in [-0.39, 0.29) is 5.56 Å². The molecule has 0 aliphatic heterocycles.